The highest BCUT2D eigenvalue weighted by Gasteiger charge is 2.18. The van der Waals surface area contributed by atoms with Gasteiger partial charge in [0.25, 0.3) is 0 Å². The summed E-state index contributed by atoms with van der Waals surface area (Å²) >= 11 is 0. The monoisotopic (exact) mass is 282 g/mol. The van der Waals surface area contributed by atoms with Crippen molar-refractivity contribution in [2.24, 2.45) is 5.73 Å². The number of aryl methyl sites for hydroxylation is 1. The molecule has 0 bridgehead atoms. The van der Waals surface area contributed by atoms with E-state index in [0.29, 0.717) is 22.8 Å². The van der Waals surface area contributed by atoms with Gasteiger partial charge in [-0.15, -0.1) is 10.2 Å². The molecule has 0 spiro atoms. The molecular formula is C16H15FN4. The second-order valence-corrected chi connectivity index (χ2v) is 4.75. The first-order chi connectivity index (χ1) is 10.2. The second kappa shape index (κ2) is 5.46. The van der Waals surface area contributed by atoms with Crippen LogP contribution >= 0.6 is 0 Å². The fourth-order valence-corrected chi connectivity index (χ4v) is 2.29. The van der Waals surface area contributed by atoms with Crippen molar-refractivity contribution in [2.45, 2.75) is 13.5 Å². The Morgan fingerprint density at radius 1 is 1.05 bits per heavy atom. The van der Waals surface area contributed by atoms with Gasteiger partial charge in [-0.1, -0.05) is 30.3 Å². The van der Waals surface area contributed by atoms with Crippen LogP contribution in [0.4, 0.5) is 4.39 Å². The lowest BCUT2D eigenvalue weighted by atomic mass is 10.1. The van der Waals surface area contributed by atoms with Gasteiger partial charge >= 0.3 is 0 Å². The zero-order valence-corrected chi connectivity index (χ0v) is 11.6. The van der Waals surface area contributed by atoms with Gasteiger partial charge in [-0.05, 0) is 30.7 Å². The Balaban J connectivity index is 2.25. The molecule has 0 saturated carbocycles. The number of rotatable bonds is 3. The molecule has 0 fully saturated rings. The highest BCUT2D eigenvalue weighted by molar-refractivity contribution is 5.60. The Morgan fingerprint density at radius 3 is 2.52 bits per heavy atom. The molecule has 2 N–H and O–H groups in total. The molecule has 1 heterocycles. The van der Waals surface area contributed by atoms with Crippen LogP contribution < -0.4 is 5.73 Å². The summed E-state index contributed by atoms with van der Waals surface area (Å²) in [4.78, 5) is 0. The first kappa shape index (κ1) is 13.5. The SMILES string of the molecule is Cc1cccc(-c2nnc(CN)n2-c2ccccc2)c1F. The summed E-state index contributed by atoms with van der Waals surface area (Å²) < 4.78 is 16.2. The topological polar surface area (TPSA) is 56.7 Å². The quantitative estimate of drug-likeness (QED) is 0.803. The predicted octanol–water partition coefficient (Wildman–Crippen LogP) is 2.84. The summed E-state index contributed by atoms with van der Waals surface area (Å²) in [5, 5.41) is 8.21. The lowest BCUT2D eigenvalue weighted by Gasteiger charge is -2.10. The van der Waals surface area contributed by atoms with Gasteiger partial charge in [-0.25, -0.2) is 4.39 Å². The van der Waals surface area contributed by atoms with E-state index in [1.807, 2.05) is 30.3 Å². The third kappa shape index (κ3) is 2.32. The molecule has 0 aliphatic heterocycles. The Morgan fingerprint density at radius 2 is 1.81 bits per heavy atom. The molecule has 21 heavy (non-hydrogen) atoms. The van der Waals surface area contributed by atoms with Gasteiger partial charge in [0, 0.05) is 5.69 Å². The van der Waals surface area contributed by atoms with E-state index in [4.69, 9.17) is 5.73 Å². The van der Waals surface area contributed by atoms with Crippen LogP contribution in [0.25, 0.3) is 17.1 Å². The number of benzene rings is 2. The van der Waals surface area contributed by atoms with E-state index < -0.39 is 0 Å². The Labute approximate surface area is 122 Å². The summed E-state index contributed by atoms with van der Waals surface area (Å²) in [5.41, 5.74) is 7.59. The number of para-hydroxylation sites is 1. The maximum Gasteiger partial charge on any atom is 0.171 e. The van der Waals surface area contributed by atoms with Crippen molar-refractivity contribution in [1.82, 2.24) is 14.8 Å². The average molecular weight is 282 g/mol. The smallest absolute Gasteiger partial charge is 0.171 e. The number of aromatic nitrogens is 3. The van der Waals surface area contributed by atoms with Gasteiger partial charge in [0.05, 0.1) is 12.1 Å². The van der Waals surface area contributed by atoms with Crippen molar-refractivity contribution in [3.63, 3.8) is 0 Å². The number of nitrogens with zero attached hydrogens (tertiary/aromatic N) is 3. The third-order valence-corrected chi connectivity index (χ3v) is 3.36. The average Bonchev–Trinajstić information content (AvgIpc) is 2.94. The lowest BCUT2D eigenvalue weighted by Crippen LogP contribution is -2.08. The Kier molecular flexibility index (Phi) is 3.50. The molecule has 106 valence electrons. The van der Waals surface area contributed by atoms with Gasteiger partial charge in [0.15, 0.2) is 11.6 Å². The van der Waals surface area contributed by atoms with Gasteiger partial charge in [-0.3, -0.25) is 4.57 Å². The number of nitrogens with two attached hydrogens (primary N) is 1. The molecule has 0 atom stereocenters. The van der Waals surface area contributed by atoms with Crippen LogP contribution in [0.2, 0.25) is 0 Å². The molecule has 0 aliphatic carbocycles. The molecule has 0 saturated heterocycles. The van der Waals surface area contributed by atoms with Crippen LogP contribution in [0.1, 0.15) is 11.4 Å². The minimum absolute atomic E-state index is 0.231. The van der Waals surface area contributed by atoms with Crippen LogP contribution in [0.5, 0.6) is 0 Å². The Hall–Kier alpha value is -2.53. The van der Waals surface area contributed by atoms with Crippen molar-refractivity contribution < 1.29 is 4.39 Å². The van der Waals surface area contributed by atoms with E-state index in [1.165, 1.54) is 0 Å². The van der Waals surface area contributed by atoms with Crippen LogP contribution in [-0.4, -0.2) is 14.8 Å². The standard InChI is InChI=1S/C16H15FN4/c1-11-6-5-9-13(15(11)17)16-20-19-14(10-18)21(16)12-7-3-2-4-8-12/h2-9H,10,18H2,1H3. The molecule has 3 rings (SSSR count). The molecule has 2 aromatic carbocycles. The van der Waals surface area contributed by atoms with Crippen molar-refractivity contribution in [2.75, 3.05) is 0 Å². The maximum absolute atomic E-state index is 14.4. The second-order valence-electron chi connectivity index (χ2n) is 4.75. The van der Waals surface area contributed by atoms with E-state index in [9.17, 15) is 4.39 Å². The van der Waals surface area contributed by atoms with E-state index in [0.717, 1.165) is 5.69 Å². The minimum atomic E-state index is -0.286. The Bertz CT molecular complexity index is 765. The molecule has 0 radical (unpaired) electrons. The van der Waals surface area contributed by atoms with Crippen molar-refractivity contribution in [1.29, 1.82) is 0 Å². The van der Waals surface area contributed by atoms with Gasteiger partial charge in [0.1, 0.15) is 5.82 Å². The summed E-state index contributed by atoms with van der Waals surface area (Å²) in [6.07, 6.45) is 0. The van der Waals surface area contributed by atoms with Crippen molar-refractivity contribution >= 4 is 0 Å². The summed E-state index contributed by atoms with van der Waals surface area (Å²) in [6, 6.07) is 14.8. The highest BCUT2D eigenvalue weighted by Crippen LogP contribution is 2.26. The van der Waals surface area contributed by atoms with E-state index in [2.05, 4.69) is 10.2 Å². The zero-order valence-electron chi connectivity index (χ0n) is 11.6. The third-order valence-electron chi connectivity index (χ3n) is 3.36. The molecule has 3 aromatic rings. The summed E-state index contributed by atoms with van der Waals surface area (Å²) in [5.74, 6) is 0.769. The first-order valence-electron chi connectivity index (χ1n) is 6.67. The molecule has 4 nitrogen and oxygen atoms in total. The lowest BCUT2D eigenvalue weighted by molar-refractivity contribution is 0.620. The molecule has 1 aromatic heterocycles. The van der Waals surface area contributed by atoms with Gasteiger partial charge in [0.2, 0.25) is 0 Å². The predicted molar refractivity (Wildman–Crippen MR) is 79.4 cm³/mol. The van der Waals surface area contributed by atoms with E-state index >= 15 is 0 Å². The van der Waals surface area contributed by atoms with Crippen molar-refractivity contribution in [3.05, 3.63) is 65.7 Å². The molecule has 0 aliphatic rings. The zero-order chi connectivity index (χ0) is 14.8. The molecule has 0 unspecified atom stereocenters. The molecule has 5 heteroatoms. The fourth-order valence-electron chi connectivity index (χ4n) is 2.29. The minimum Gasteiger partial charge on any atom is -0.324 e. The number of hydrogen-bond acceptors (Lipinski definition) is 3. The number of hydrogen-bond donors (Lipinski definition) is 1. The highest BCUT2D eigenvalue weighted by atomic mass is 19.1. The maximum atomic E-state index is 14.4. The van der Waals surface area contributed by atoms with Gasteiger partial charge < -0.3 is 5.73 Å². The van der Waals surface area contributed by atoms with Crippen LogP contribution in [0.15, 0.2) is 48.5 Å². The summed E-state index contributed by atoms with van der Waals surface area (Å²) in [7, 11) is 0. The van der Waals surface area contributed by atoms with Crippen LogP contribution in [0, 0.1) is 12.7 Å². The molecular weight excluding hydrogens is 267 g/mol. The van der Waals surface area contributed by atoms with Crippen LogP contribution in [0.3, 0.4) is 0 Å². The summed E-state index contributed by atoms with van der Waals surface area (Å²) in [6.45, 7) is 1.96. The fraction of sp³-hybridized carbons (Fsp3) is 0.125. The van der Waals surface area contributed by atoms with Gasteiger partial charge in [-0.2, -0.15) is 0 Å². The van der Waals surface area contributed by atoms with E-state index in [-0.39, 0.29) is 12.4 Å². The number of halogens is 1. The molecule has 0 amide bonds. The normalized spacial score (nSPS) is 10.8. The van der Waals surface area contributed by atoms with Crippen LogP contribution in [-0.2, 0) is 6.54 Å². The van der Waals surface area contributed by atoms with E-state index in [1.54, 1.807) is 29.7 Å². The largest absolute Gasteiger partial charge is 0.324 e. The van der Waals surface area contributed by atoms with Crippen molar-refractivity contribution in [3.8, 4) is 17.1 Å². The first-order valence-corrected chi connectivity index (χ1v) is 6.67.